The molecule has 1 atom stereocenters. The Morgan fingerprint density at radius 1 is 1.33 bits per heavy atom. The van der Waals surface area contributed by atoms with Crippen molar-refractivity contribution in [1.29, 1.82) is 0 Å². The van der Waals surface area contributed by atoms with E-state index < -0.39 is 5.60 Å². The van der Waals surface area contributed by atoms with Crippen LogP contribution < -0.4 is 10.1 Å². The number of ether oxygens (including phenoxy) is 2. The Hall–Kier alpha value is -1.55. The number of methoxy groups -OCH3 is 1. The van der Waals surface area contributed by atoms with Crippen LogP contribution in [-0.2, 0) is 9.53 Å². The fraction of sp³-hybridized carbons (Fsp3) is 0.588. The number of hydrogen-bond donors (Lipinski definition) is 1. The van der Waals surface area contributed by atoms with Gasteiger partial charge in [0.25, 0.3) is 5.91 Å². The van der Waals surface area contributed by atoms with Crippen LogP contribution in [0.1, 0.15) is 45.6 Å². The largest absolute Gasteiger partial charge is 0.496 e. The van der Waals surface area contributed by atoms with E-state index in [0.717, 1.165) is 36.3 Å². The Morgan fingerprint density at radius 3 is 2.57 bits per heavy atom. The summed E-state index contributed by atoms with van der Waals surface area (Å²) in [5.74, 6) is 0.717. The minimum Gasteiger partial charge on any atom is -0.496 e. The topological polar surface area (TPSA) is 47.6 Å². The average Bonchev–Trinajstić information content (AvgIpc) is 2.45. The molecule has 1 rings (SSSR count). The van der Waals surface area contributed by atoms with Crippen LogP contribution in [0.15, 0.2) is 18.2 Å². The highest BCUT2D eigenvalue weighted by atomic mass is 16.5. The van der Waals surface area contributed by atoms with Crippen molar-refractivity contribution in [3.8, 4) is 5.75 Å². The molecule has 0 radical (unpaired) electrons. The third kappa shape index (κ3) is 4.74. The molecule has 0 bridgehead atoms. The van der Waals surface area contributed by atoms with Gasteiger partial charge in [-0.2, -0.15) is 0 Å². The molecule has 0 spiro atoms. The maximum atomic E-state index is 12.5. The molecule has 118 valence electrons. The first kappa shape index (κ1) is 17.5. The van der Waals surface area contributed by atoms with Gasteiger partial charge in [0.15, 0.2) is 0 Å². The second-order valence-corrected chi connectivity index (χ2v) is 5.41. The molecule has 0 saturated carbocycles. The Kier molecular flexibility index (Phi) is 6.69. The van der Waals surface area contributed by atoms with Gasteiger partial charge in [-0.3, -0.25) is 4.79 Å². The molecule has 1 amide bonds. The molecule has 0 fully saturated rings. The van der Waals surface area contributed by atoms with E-state index in [4.69, 9.17) is 9.47 Å². The molecule has 0 unspecified atom stereocenters. The predicted octanol–water partition coefficient (Wildman–Crippen LogP) is 3.93. The summed E-state index contributed by atoms with van der Waals surface area (Å²) < 4.78 is 10.9. The lowest BCUT2D eigenvalue weighted by atomic mass is 9.97. The fourth-order valence-corrected chi connectivity index (χ4v) is 2.30. The minimum absolute atomic E-state index is 0.0950. The Bertz CT molecular complexity index is 473. The van der Waals surface area contributed by atoms with Gasteiger partial charge in [-0.05, 0) is 51.0 Å². The lowest BCUT2D eigenvalue weighted by molar-refractivity contribution is -0.139. The van der Waals surface area contributed by atoms with E-state index in [9.17, 15) is 4.79 Å². The fourth-order valence-electron chi connectivity index (χ4n) is 2.30. The zero-order valence-electron chi connectivity index (χ0n) is 13.8. The van der Waals surface area contributed by atoms with Gasteiger partial charge < -0.3 is 14.8 Å². The highest BCUT2D eigenvalue weighted by Gasteiger charge is 2.33. The molecule has 1 N–H and O–H groups in total. The molecule has 0 aliphatic rings. The first-order chi connectivity index (χ1) is 9.96. The predicted molar refractivity (Wildman–Crippen MR) is 85.9 cm³/mol. The minimum atomic E-state index is -0.779. The summed E-state index contributed by atoms with van der Waals surface area (Å²) >= 11 is 0. The first-order valence-electron chi connectivity index (χ1n) is 7.57. The van der Waals surface area contributed by atoms with Crippen molar-refractivity contribution in [2.75, 3.05) is 19.0 Å². The van der Waals surface area contributed by atoms with Gasteiger partial charge in [-0.25, -0.2) is 0 Å². The third-order valence-electron chi connectivity index (χ3n) is 3.60. The molecule has 0 aromatic heterocycles. The summed E-state index contributed by atoms with van der Waals surface area (Å²) in [7, 11) is 1.64. The van der Waals surface area contributed by atoms with Crippen LogP contribution in [0.4, 0.5) is 5.69 Å². The van der Waals surface area contributed by atoms with E-state index >= 15 is 0 Å². The van der Waals surface area contributed by atoms with Crippen molar-refractivity contribution in [3.63, 3.8) is 0 Å². The smallest absolute Gasteiger partial charge is 0.256 e. The summed E-state index contributed by atoms with van der Waals surface area (Å²) in [6, 6.07) is 5.61. The normalized spacial score (nSPS) is 13.6. The number of unbranched alkanes of at least 4 members (excludes halogenated alkanes) is 1. The van der Waals surface area contributed by atoms with Crippen LogP contribution in [-0.4, -0.2) is 25.2 Å². The van der Waals surface area contributed by atoms with E-state index in [2.05, 4.69) is 12.2 Å². The SMILES string of the molecule is CCCC[C@](C)(OCC)C(=O)Nc1ccc(OC)c(C)c1. The molecular formula is C17H27NO3. The standard InChI is InChI=1S/C17H27NO3/c1-6-8-11-17(4,21-7-2)16(19)18-14-9-10-15(20-5)13(3)12-14/h9-10,12H,6-8,11H2,1-5H3,(H,18,19)/t17-/m0/s1. The van der Waals surface area contributed by atoms with Crippen molar-refractivity contribution in [2.45, 2.75) is 52.6 Å². The molecular weight excluding hydrogens is 266 g/mol. The monoisotopic (exact) mass is 293 g/mol. The summed E-state index contributed by atoms with van der Waals surface area (Å²) in [6.07, 6.45) is 2.72. The summed E-state index contributed by atoms with van der Waals surface area (Å²) in [5, 5.41) is 2.95. The van der Waals surface area contributed by atoms with Crippen molar-refractivity contribution in [1.82, 2.24) is 0 Å². The first-order valence-corrected chi connectivity index (χ1v) is 7.57. The molecule has 0 heterocycles. The number of carbonyl (C=O) groups is 1. The molecule has 4 heteroatoms. The number of nitrogens with one attached hydrogen (secondary N) is 1. The average molecular weight is 293 g/mol. The molecule has 4 nitrogen and oxygen atoms in total. The molecule has 1 aromatic rings. The number of aryl methyl sites for hydroxylation is 1. The second-order valence-electron chi connectivity index (χ2n) is 5.41. The molecule has 21 heavy (non-hydrogen) atoms. The summed E-state index contributed by atoms with van der Waals surface area (Å²) in [4.78, 5) is 12.5. The lowest BCUT2D eigenvalue weighted by Gasteiger charge is -2.28. The maximum Gasteiger partial charge on any atom is 0.256 e. The maximum absolute atomic E-state index is 12.5. The number of carbonyl (C=O) groups excluding carboxylic acids is 1. The zero-order chi connectivity index (χ0) is 15.9. The van der Waals surface area contributed by atoms with Crippen LogP contribution in [0.5, 0.6) is 5.75 Å². The molecule has 0 saturated heterocycles. The van der Waals surface area contributed by atoms with Gasteiger partial charge in [-0.15, -0.1) is 0 Å². The highest BCUT2D eigenvalue weighted by Crippen LogP contribution is 2.25. The van der Waals surface area contributed by atoms with Crippen molar-refractivity contribution < 1.29 is 14.3 Å². The zero-order valence-corrected chi connectivity index (χ0v) is 13.8. The van der Waals surface area contributed by atoms with Crippen LogP contribution >= 0.6 is 0 Å². The summed E-state index contributed by atoms with van der Waals surface area (Å²) in [5.41, 5.74) is 0.973. The van der Waals surface area contributed by atoms with E-state index in [1.165, 1.54) is 0 Å². The van der Waals surface area contributed by atoms with Crippen LogP contribution in [0.2, 0.25) is 0 Å². The van der Waals surface area contributed by atoms with Gasteiger partial charge in [-0.1, -0.05) is 19.8 Å². The number of amides is 1. The van der Waals surface area contributed by atoms with Gasteiger partial charge in [0, 0.05) is 12.3 Å². The van der Waals surface area contributed by atoms with Crippen LogP contribution in [0, 0.1) is 6.92 Å². The van der Waals surface area contributed by atoms with Gasteiger partial charge in [0.05, 0.1) is 7.11 Å². The van der Waals surface area contributed by atoms with Gasteiger partial charge >= 0.3 is 0 Å². The Balaban J connectivity index is 2.83. The van der Waals surface area contributed by atoms with E-state index in [0.29, 0.717) is 6.61 Å². The van der Waals surface area contributed by atoms with Crippen molar-refractivity contribution >= 4 is 11.6 Å². The summed E-state index contributed by atoms with van der Waals surface area (Å²) in [6.45, 7) is 8.35. The Labute approximate surface area is 127 Å². The number of anilines is 1. The van der Waals surface area contributed by atoms with Gasteiger partial charge in [0.2, 0.25) is 0 Å². The van der Waals surface area contributed by atoms with Crippen LogP contribution in [0.25, 0.3) is 0 Å². The third-order valence-corrected chi connectivity index (χ3v) is 3.60. The van der Waals surface area contributed by atoms with E-state index in [1.54, 1.807) is 7.11 Å². The molecule has 0 aliphatic heterocycles. The van der Waals surface area contributed by atoms with Crippen molar-refractivity contribution in [3.05, 3.63) is 23.8 Å². The van der Waals surface area contributed by atoms with Gasteiger partial charge in [0.1, 0.15) is 11.4 Å². The quantitative estimate of drug-likeness (QED) is 0.790. The van der Waals surface area contributed by atoms with E-state index in [1.807, 2.05) is 39.0 Å². The second kappa shape index (κ2) is 8.03. The number of hydrogen-bond acceptors (Lipinski definition) is 3. The van der Waals surface area contributed by atoms with Crippen LogP contribution in [0.3, 0.4) is 0 Å². The van der Waals surface area contributed by atoms with Crippen molar-refractivity contribution in [2.24, 2.45) is 0 Å². The Morgan fingerprint density at radius 2 is 2.05 bits per heavy atom. The highest BCUT2D eigenvalue weighted by molar-refractivity contribution is 5.97. The molecule has 0 aliphatic carbocycles. The number of benzene rings is 1. The van der Waals surface area contributed by atoms with E-state index in [-0.39, 0.29) is 5.91 Å². The number of rotatable bonds is 8. The molecule has 1 aromatic carbocycles. The lowest BCUT2D eigenvalue weighted by Crippen LogP contribution is -2.42.